The number of aromatic nitrogens is 2. The number of aryl methyl sites for hydroxylation is 2. The molecule has 0 saturated heterocycles. The van der Waals surface area contributed by atoms with Crippen molar-refractivity contribution in [2.45, 2.75) is 31.7 Å². The van der Waals surface area contributed by atoms with Gasteiger partial charge in [-0.15, -0.1) is 0 Å². The van der Waals surface area contributed by atoms with E-state index in [0.717, 1.165) is 13.0 Å². The van der Waals surface area contributed by atoms with Crippen molar-refractivity contribution in [1.29, 1.82) is 0 Å². The Morgan fingerprint density at radius 2 is 2.26 bits per heavy atom. The van der Waals surface area contributed by atoms with Gasteiger partial charge in [-0.1, -0.05) is 24.3 Å². The van der Waals surface area contributed by atoms with E-state index in [0.29, 0.717) is 6.04 Å². The van der Waals surface area contributed by atoms with E-state index >= 15 is 0 Å². The van der Waals surface area contributed by atoms with Crippen molar-refractivity contribution in [2.24, 2.45) is 7.05 Å². The molecule has 0 amide bonds. The lowest BCUT2D eigenvalue weighted by Gasteiger charge is -2.26. The van der Waals surface area contributed by atoms with E-state index < -0.39 is 0 Å². The van der Waals surface area contributed by atoms with Gasteiger partial charge in [0.05, 0.1) is 6.20 Å². The van der Waals surface area contributed by atoms with Gasteiger partial charge in [-0.25, -0.2) is 0 Å². The van der Waals surface area contributed by atoms with E-state index in [4.69, 9.17) is 0 Å². The van der Waals surface area contributed by atoms with Gasteiger partial charge in [-0.05, 0) is 48.9 Å². The summed E-state index contributed by atoms with van der Waals surface area (Å²) >= 11 is 0. The Labute approximate surface area is 114 Å². The van der Waals surface area contributed by atoms with E-state index in [1.807, 2.05) is 17.9 Å². The molecule has 1 aromatic heterocycles. The third kappa shape index (κ3) is 2.87. The van der Waals surface area contributed by atoms with Crippen LogP contribution in [0, 0.1) is 0 Å². The van der Waals surface area contributed by atoms with Gasteiger partial charge >= 0.3 is 0 Å². The Balaban J connectivity index is 1.59. The number of benzene rings is 1. The summed E-state index contributed by atoms with van der Waals surface area (Å²) in [6.07, 6.45) is 8.88. The van der Waals surface area contributed by atoms with Crippen LogP contribution in [0.15, 0.2) is 36.7 Å². The molecule has 1 atom stereocenters. The van der Waals surface area contributed by atoms with E-state index in [1.54, 1.807) is 0 Å². The van der Waals surface area contributed by atoms with Gasteiger partial charge < -0.3 is 5.32 Å². The first kappa shape index (κ1) is 12.4. The van der Waals surface area contributed by atoms with Crippen molar-refractivity contribution in [3.63, 3.8) is 0 Å². The molecule has 0 aliphatic heterocycles. The molecule has 0 radical (unpaired) electrons. The summed E-state index contributed by atoms with van der Waals surface area (Å²) in [5, 5.41) is 7.91. The lowest BCUT2D eigenvalue weighted by molar-refractivity contribution is 0.463. The normalized spacial score (nSPS) is 18.3. The smallest absolute Gasteiger partial charge is 0.0522 e. The summed E-state index contributed by atoms with van der Waals surface area (Å²) in [5.41, 5.74) is 4.33. The van der Waals surface area contributed by atoms with Crippen LogP contribution in [0.25, 0.3) is 0 Å². The fourth-order valence-electron chi connectivity index (χ4n) is 2.96. The largest absolute Gasteiger partial charge is 0.310 e. The van der Waals surface area contributed by atoms with Crippen LogP contribution in [-0.4, -0.2) is 16.3 Å². The highest BCUT2D eigenvalue weighted by Gasteiger charge is 2.18. The first-order valence-corrected chi connectivity index (χ1v) is 7.11. The zero-order valence-electron chi connectivity index (χ0n) is 11.5. The summed E-state index contributed by atoms with van der Waals surface area (Å²) in [4.78, 5) is 0. The molecular weight excluding hydrogens is 234 g/mol. The molecule has 1 aliphatic carbocycles. The van der Waals surface area contributed by atoms with Crippen molar-refractivity contribution in [2.75, 3.05) is 6.54 Å². The van der Waals surface area contributed by atoms with Gasteiger partial charge in [-0.3, -0.25) is 4.68 Å². The van der Waals surface area contributed by atoms with Crippen LogP contribution >= 0.6 is 0 Å². The fraction of sp³-hybridized carbons (Fsp3) is 0.438. The molecule has 3 nitrogen and oxygen atoms in total. The number of nitrogens with one attached hydrogen (secondary N) is 1. The predicted octanol–water partition coefficient (Wildman–Crippen LogP) is 2.63. The molecule has 19 heavy (non-hydrogen) atoms. The van der Waals surface area contributed by atoms with Gasteiger partial charge in [-0.2, -0.15) is 5.10 Å². The second-order valence-electron chi connectivity index (χ2n) is 5.37. The second-order valence-corrected chi connectivity index (χ2v) is 5.37. The first-order chi connectivity index (χ1) is 9.33. The zero-order chi connectivity index (χ0) is 13.1. The number of nitrogens with zero attached hydrogens (tertiary/aromatic N) is 2. The number of hydrogen-bond acceptors (Lipinski definition) is 2. The maximum Gasteiger partial charge on any atom is 0.0522 e. The van der Waals surface area contributed by atoms with Crippen LogP contribution < -0.4 is 5.32 Å². The predicted molar refractivity (Wildman–Crippen MR) is 77.0 cm³/mol. The monoisotopic (exact) mass is 255 g/mol. The molecule has 2 aromatic rings. The van der Waals surface area contributed by atoms with Crippen molar-refractivity contribution in [3.05, 3.63) is 53.3 Å². The molecule has 1 heterocycles. The molecule has 3 heteroatoms. The number of fused-ring (bicyclic) bond motifs is 1. The van der Waals surface area contributed by atoms with Crippen LogP contribution in [0.4, 0.5) is 0 Å². The van der Waals surface area contributed by atoms with E-state index in [1.165, 1.54) is 36.0 Å². The molecular formula is C16H21N3. The lowest BCUT2D eigenvalue weighted by atomic mass is 9.88. The second kappa shape index (κ2) is 5.57. The average Bonchev–Trinajstić information content (AvgIpc) is 2.85. The average molecular weight is 255 g/mol. The highest BCUT2D eigenvalue weighted by atomic mass is 15.2. The van der Waals surface area contributed by atoms with Crippen LogP contribution in [0.2, 0.25) is 0 Å². The van der Waals surface area contributed by atoms with Crippen LogP contribution in [0.3, 0.4) is 0 Å². The third-order valence-corrected chi connectivity index (χ3v) is 3.93. The van der Waals surface area contributed by atoms with Crippen molar-refractivity contribution in [1.82, 2.24) is 15.1 Å². The van der Waals surface area contributed by atoms with E-state index in [9.17, 15) is 0 Å². The zero-order valence-corrected chi connectivity index (χ0v) is 11.5. The standard InChI is InChI=1S/C16H21N3/c1-19-12-13(11-18-19)9-10-17-16-8-4-6-14-5-2-3-7-15(14)16/h2-3,5,7,11-12,16-17H,4,6,8-10H2,1H3. The summed E-state index contributed by atoms with van der Waals surface area (Å²) in [7, 11) is 1.97. The Kier molecular flexibility index (Phi) is 3.65. The summed E-state index contributed by atoms with van der Waals surface area (Å²) in [6, 6.07) is 9.37. The SMILES string of the molecule is Cn1cc(CCNC2CCCc3ccccc32)cn1. The Bertz CT molecular complexity index is 544. The van der Waals surface area contributed by atoms with Gasteiger partial charge in [0.2, 0.25) is 0 Å². The Hall–Kier alpha value is -1.61. The minimum absolute atomic E-state index is 0.529. The molecule has 1 N–H and O–H groups in total. The van der Waals surface area contributed by atoms with E-state index in [2.05, 4.69) is 40.9 Å². The molecule has 0 spiro atoms. The summed E-state index contributed by atoms with van der Waals surface area (Å²) < 4.78 is 1.87. The van der Waals surface area contributed by atoms with Crippen molar-refractivity contribution >= 4 is 0 Å². The van der Waals surface area contributed by atoms with Crippen LogP contribution in [-0.2, 0) is 19.9 Å². The molecule has 1 unspecified atom stereocenters. The fourth-order valence-corrected chi connectivity index (χ4v) is 2.96. The Morgan fingerprint density at radius 3 is 3.11 bits per heavy atom. The maximum absolute atomic E-state index is 4.21. The number of rotatable bonds is 4. The molecule has 0 fully saturated rings. The summed E-state index contributed by atoms with van der Waals surface area (Å²) in [6.45, 7) is 1.02. The van der Waals surface area contributed by atoms with Gasteiger partial charge in [0.1, 0.15) is 0 Å². The quantitative estimate of drug-likeness (QED) is 0.910. The number of hydrogen-bond donors (Lipinski definition) is 1. The highest BCUT2D eigenvalue weighted by Crippen LogP contribution is 2.29. The van der Waals surface area contributed by atoms with Crippen molar-refractivity contribution in [3.8, 4) is 0 Å². The molecule has 1 aliphatic rings. The lowest BCUT2D eigenvalue weighted by Crippen LogP contribution is -2.26. The topological polar surface area (TPSA) is 29.9 Å². The van der Waals surface area contributed by atoms with Crippen LogP contribution in [0.1, 0.15) is 35.6 Å². The molecule has 100 valence electrons. The molecule has 0 saturated carbocycles. The molecule has 3 rings (SSSR count). The van der Waals surface area contributed by atoms with E-state index in [-0.39, 0.29) is 0 Å². The molecule has 1 aromatic carbocycles. The third-order valence-electron chi connectivity index (χ3n) is 3.93. The minimum Gasteiger partial charge on any atom is -0.310 e. The van der Waals surface area contributed by atoms with Gasteiger partial charge in [0, 0.05) is 19.3 Å². The summed E-state index contributed by atoms with van der Waals surface area (Å²) in [5.74, 6) is 0. The maximum atomic E-state index is 4.21. The first-order valence-electron chi connectivity index (χ1n) is 7.11. The Morgan fingerprint density at radius 1 is 1.37 bits per heavy atom. The van der Waals surface area contributed by atoms with Gasteiger partial charge in [0.25, 0.3) is 0 Å². The minimum atomic E-state index is 0.529. The van der Waals surface area contributed by atoms with Crippen molar-refractivity contribution < 1.29 is 0 Å². The van der Waals surface area contributed by atoms with Crippen LogP contribution in [0.5, 0.6) is 0 Å². The van der Waals surface area contributed by atoms with Gasteiger partial charge in [0.15, 0.2) is 0 Å². The molecule has 0 bridgehead atoms. The highest BCUT2D eigenvalue weighted by molar-refractivity contribution is 5.32.